The van der Waals surface area contributed by atoms with Gasteiger partial charge in [-0.3, -0.25) is 0 Å². The molecule has 3 rings (SSSR count). The highest BCUT2D eigenvalue weighted by Gasteiger charge is 2.39. The Labute approximate surface area is 171 Å². The lowest BCUT2D eigenvalue weighted by atomic mass is 10.1. The van der Waals surface area contributed by atoms with Crippen molar-refractivity contribution in [1.82, 2.24) is 0 Å². The number of halogens is 4. The summed E-state index contributed by atoms with van der Waals surface area (Å²) in [7, 11) is 3.06. The molecule has 2 atom stereocenters. The number of nitrogens with two attached hydrogens (primary N) is 1. The highest BCUT2D eigenvalue weighted by molar-refractivity contribution is 14.0. The molecule has 5 nitrogen and oxygen atoms in total. The Morgan fingerprint density at radius 1 is 1.11 bits per heavy atom. The molecule has 0 heterocycles. The fourth-order valence-electron chi connectivity index (χ4n) is 2.73. The largest absolute Gasteiger partial charge is 0.497 e. The van der Waals surface area contributed by atoms with E-state index in [0.29, 0.717) is 29.2 Å². The molecule has 1 aliphatic rings. The van der Waals surface area contributed by atoms with Gasteiger partial charge in [0.25, 0.3) is 0 Å². The first-order valence-electron chi connectivity index (χ1n) is 7.89. The van der Waals surface area contributed by atoms with Gasteiger partial charge in [0, 0.05) is 12.0 Å². The summed E-state index contributed by atoms with van der Waals surface area (Å²) >= 11 is 0. The predicted octanol–water partition coefficient (Wildman–Crippen LogP) is 4.02. The smallest absolute Gasteiger partial charge is 0.194 e. The third kappa shape index (κ3) is 4.76. The number of ether oxygens (including phenoxy) is 2. The van der Waals surface area contributed by atoms with Crippen LogP contribution in [-0.2, 0) is 0 Å². The highest BCUT2D eigenvalue weighted by atomic mass is 127. The molecule has 0 aromatic heterocycles. The first kappa shape index (κ1) is 21.1. The molecule has 27 heavy (non-hydrogen) atoms. The summed E-state index contributed by atoms with van der Waals surface area (Å²) in [5.74, 6) is -2.79. The van der Waals surface area contributed by atoms with Crippen LogP contribution in [0.25, 0.3) is 0 Å². The molecule has 2 aromatic rings. The highest BCUT2D eigenvalue weighted by Crippen LogP contribution is 2.44. The van der Waals surface area contributed by atoms with Crippen LogP contribution in [-0.4, -0.2) is 26.2 Å². The average molecular weight is 493 g/mol. The Morgan fingerprint density at radius 3 is 2.37 bits per heavy atom. The van der Waals surface area contributed by atoms with Crippen molar-refractivity contribution in [2.45, 2.75) is 18.4 Å². The minimum Gasteiger partial charge on any atom is -0.497 e. The molecule has 0 spiro atoms. The summed E-state index contributed by atoms with van der Waals surface area (Å²) in [6.45, 7) is 0. The number of rotatable bonds is 5. The summed E-state index contributed by atoms with van der Waals surface area (Å²) < 4.78 is 50.1. The first-order chi connectivity index (χ1) is 12.4. The van der Waals surface area contributed by atoms with Crippen LogP contribution in [0.5, 0.6) is 11.5 Å². The molecule has 2 aromatic carbocycles. The van der Waals surface area contributed by atoms with E-state index in [9.17, 15) is 13.2 Å². The molecule has 1 fully saturated rings. The summed E-state index contributed by atoms with van der Waals surface area (Å²) in [6.07, 6.45) is 0.572. The summed E-state index contributed by atoms with van der Waals surface area (Å²) in [5, 5.41) is 2.93. The normalized spacial score (nSPS) is 18.5. The van der Waals surface area contributed by atoms with E-state index in [0.717, 1.165) is 12.1 Å². The zero-order valence-corrected chi connectivity index (χ0v) is 17.0. The molecule has 0 amide bonds. The number of guanidine groups is 1. The second kappa shape index (κ2) is 8.68. The van der Waals surface area contributed by atoms with Gasteiger partial charge < -0.3 is 20.5 Å². The SMILES string of the molecule is COc1ccc(OC)c(NC(N)=N[C@@H]2C[C@H]2c2cc(F)c(F)c(F)c2)c1.I. The molecule has 0 bridgehead atoms. The molecule has 1 aliphatic carbocycles. The van der Waals surface area contributed by atoms with Crippen molar-refractivity contribution in [3.63, 3.8) is 0 Å². The van der Waals surface area contributed by atoms with E-state index in [2.05, 4.69) is 10.3 Å². The van der Waals surface area contributed by atoms with Gasteiger partial charge in [0.2, 0.25) is 0 Å². The maximum atomic E-state index is 13.3. The van der Waals surface area contributed by atoms with E-state index < -0.39 is 17.5 Å². The molecule has 0 aliphatic heterocycles. The lowest BCUT2D eigenvalue weighted by molar-refractivity contribution is 0.405. The van der Waals surface area contributed by atoms with Gasteiger partial charge >= 0.3 is 0 Å². The summed E-state index contributed by atoms with van der Waals surface area (Å²) in [6, 6.07) is 6.92. The van der Waals surface area contributed by atoms with E-state index in [1.807, 2.05) is 0 Å². The molecular weight excluding hydrogens is 474 g/mol. The summed E-state index contributed by atoms with van der Waals surface area (Å²) in [5.41, 5.74) is 6.86. The van der Waals surface area contributed by atoms with Gasteiger partial charge in [-0.15, -0.1) is 24.0 Å². The maximum Gasteiger partial charge on any atom is 0.194 e. The monoisotopic (exact) mass is 493 g/mol. The topological polar surface area (TPSA) is 68.9 Å². The Bertz CT molecular complexity index is 841. The Morgan fingerprint density at radius 2 is 1.78 bits per heavy atom. The van der Waals surface area contributed by atoms with Crippen molar-refractivity contribution in [2.75, 3.05) is 19.5 Å². The van der Waals surface area contributed by atoms with Crippen LogP contribution >= 0.6 is 24.0 Å². The van der Waals surface area contributed by atoms with Crippen molar-refractivity contribution in [3.8, 4) is 11.5 Å². The fourth-order valence-corrected chi connectivity index (χ4v) is 2.73. The number of benzene rings is 2. The maximum absolute atomic E-state index is 13.3. The van der Waals surface area contributed by atoms with Crippen LogP contribution in [0.15, 0.2) is 35.3 Å². The van der Waals surface area contributed by atoms with Crippen LogP contribution in [0.3, 0.4) is 0 Å². The van der Waals surface area contributed by atoms with Crippen molar-refractivity contribution in [2.24, 2.45) is 10.7 Å². The number of hydrogen-bond donors (Lipinski definition) is 2. The lowest BCUT2D eigenvalue weighted by Gasteiger charge is -2.12. The van der Waals surface area contributed by atoms with Gasteiger partial charge in [-0.1, -0.05) is 0 Å². The van der Waals surface area contributed by atoms with Gasteiger partial charge in [0.05, 0.1) is 25.9 Å². The van der Waals surface area contributed by atoms with Crippen LogP contribution in [0.1, 0.15) is 17.9 Å². The molecule has 146 valence electrons. The van der Waals surface area contributed by atoms with Gasteiger partial charge in [0.15, 0.2) is 23.4 Å². The summed E-state index contributed by atoms with van der Waals surface area (Å²) in [4.78, 5) is 4.30. The standard InChI is InChI=1S/C18H18F3N3O2.HI/c1-25-10-3-4-16(26-2)15(7-10)24-18(22)23-14-8-11(14)9-5-12(19)17(21)13(20)6-9;/h3-7,11,14H,8H2,1-2H3,(H3,22,23,24);1H/t11-,14+;/m0./s1. The number of nitrogens with one attached hydrogen (secondary N) is 1. The Hall–Kier alpha value is -2.17. The molecule has 0 radical (unpaired) electrons. The van der Waals surface area contributed by atoms with E-state index in [4.69, 9.17) is 15.2 Å². The molecular formula is C18H19F3IN3O2. The van der Waals surface area contributed by atoms with Crippen molar-refractivity contribution < 1.29 is 22.6 Å². The fraction of sp³-hybridized carbons (Fsp3) is 0.278. The molecule has 9 heteroatoms. The van der Waals surface area contributed by atoms with E-state index in [1.54, 1.807) is 25.3 Å². The van der Waals surface area contributed by atoms with Crippen molar-refractivity contribution >= 4 is 35.6 Å². The average Bonchev–Trinajstić information content (AvgIpc) is 3.38. The van der Waals surface area contributed by atoms with Gasteiger partial charge in [0.1, 0.15) is 11.5 Å². The molecule has 3 N–H and O–H groups in total. The molecule has 1 saturated carbocycles. The second-order valence-electron chi connectivity index (χ2n) is 5.91. The van der Waals surface area contributed by atoms with Crippen LogP contribution < -0.4 is 20.5 Å². The van der Waals surface area contributed by atoms with Crippen molar-refractivity contribution in [3.05, 3.63) is 53.3 Å². The predicted molar refractivity (Wildman–Crippen MR) is 108 cm³/mol. The Balaban J connectivity index is 0.00000261. The lowest BCUT2D eigenvalue weighted by Crippen LogP contribution is -2.23. The second-order valence-corrected chi connectivity index (χ2v) is 5.91. The van der Waals surface area contributed by atoms with Gasteiger partial charge in [-0.25, -0.2) is 18.2 Å². The van der Waals surface area contributed by atoms with Crippen LogP contribution in [0.2, 0.25) is 0 Å². The number of aliphatic imine (C=N–C) groups is 1. The zero-order chi connectivity index (χ0) is 18.8. The van der Waals surface area contributed by atoms with Crippen molar-refractivity contribution in [1.29, 1.82) is 0 Å². The third-order valence-corrected chi connectivity index (χ3v) is 4.17. The third-order valence-electron chi connectivity index (χ3n) is 4.17. The van der Waals surface area contributed by atoms with Crippen LogP contribution in [0.4, 0.5) is 18.9 Å². The van der Waals surface area contributed by atoms with Gasteiger partial charge in [-0.05, 0) is 36.2 Å². The van der Waals surface area contributed by atoms with Gasteiger partial charge in [-0.2, -0.15) is 0 Å². The Kier molecular flexibility index (Phi) is 6.79. The molecule has 0 saturated heterocycles. The minimum absolute atomic E-state index is 0. The first-order valence-corrected chi connectivity index (χ1v) is 7.89. The minimum atomic E-state index is -1.47. The van der Waals surface area contributed by atoms with E-state index in [-0.39, 0.29) is 41.9 Å². The molecule has 0 unspecified atom stereocenters. The number of methoxy groups -OCH3 is 2. The zero-order valence-electron chi connectivity index (χ0n) is 14.6. The number of hydrogen-bond acceptors (Lipinski definition) is 3. The number of anilines is 1. The van der Waals surface area contributed by atoms with E-state index >= 15 is 0 Å². The van der Waals surface area contributed by atoms with E-state index in [1.165, 1.54) is 7.11 Å². The van der Waals surface area contributed by atoms with Crippen LogP contribution in [0, 0.1) is 17.5 Å². The number of nitrogens with zero attached hydrogens (tertiary/aromatic N) is 1. The quantitative estimate of drug-likeness (QED) is 0.286.